The number of hydrogen-bond donors (Lipinski definition) is 1. The summed E-state index contributed by atoms with van der Waals surface area (Å²) in [6, 6.07) is 5.58. The fourth-order valence-corrected chi connectivity index (χ4v) is 2.66. The molecule has 0 unspecified atom stereocenters. The Hall–Kier alpha value is -1.02. The van der Waals surface area contributed by atoms with Gasteiger partial charge in [-0.3, -0.25) is 4.79 Å². The van der Waals surface area contributed by atoms with Crippen molar-refractivity contribution in [3.8, 4) is 0 Å². The molecule has 1 aromatic rings. The summed E-state index contributed by atoms with van der Waals surface area (Å²) >= 11 is 5.96. The lowest BCUT2D eigenvalue weighted by Crippen LogP contribution is -2.32. The average Bonchev–Trinajstić information content (AvgIpc) is 2.72. The minimum atomic E-state index is -0.702. The summed E-state index contributed by atoms with van der Waals surface area (Å²) in [6.07, 6.45) is 3.47. The number of carboxylic acids is 1. The van der Waals surface area contributed by atoms with Crippen molar-refractivity contribution in [2.45, 2.75) is 38.0 Å². The minimum Gasteiger partial charge on any atom is -0.481 e. The van der Waals surface area contributed by atoms with Crippen LogP contribution >= 0.6 is 11.6 Å². The molecule has 1 fully saturated rings. The number of halogens is 1. The van der Waals surface area contributed by atoms with Crippen molar-refractivity contribution < 1.29 is 9.90 Å². The van der Waals surface area contributed by atoms with E-state index in [2.05, 4.69) is 0 Å². The molecule has 3 heteroatoms. The van der Waals surface area contributed by atoms with Crippen LogP contribution in [-0.4, -0.2) is 11.1 Å². The highest BCUT2D eigenvalue weighted by Gasteiger charge is 2.42. The molecule has 1 aromatic carbocycles. The molecule has 0 saturated heterocycles. The highest BCUT2D eigenvalue weighted by molar-refractivity contribution is 6.31. The van der Waals surface area contributed by atoms with Crippen LogP contribution in [0.25, 0.3) is 0 Å². The maximum absolute atomic E-state index is 11.5. The van der Waals surface area contributed by atoms with E-state index in [1.165, 1.54) is 0 Å². The van der Waals surface area contributed by atoms with E-state index in [0.29, 0.717) is 5.02 Å². The summed E-state index contributed by atoms with van der Waals surface area (Å²) in [5.41, 5.74) is 1.18. The number of hydrogen-bond acceptors (Lipinski definition) is 1. The van der Waals surface area contributed by atoms with E-state index < -0.39 is 11.4 Å². The molecule has 2 rings (SSSR count). The lowest BCUT2D eigenvalue weighted by Gasteiger charge is -2.24. The third kappa shape index (κ3) is 1.71. The quantitative estimate of drug-likeness (QED) is 0.856. The second-order valence-electron chi connectivity index (χ2n) is 4.56. The van der Waals surface area contributed by atoms with E-state index in [4.69, 9.17) is 11.6 Å². The van der Waals surface area contributed by atoms with E-state index in [9.17, 15) is 9.90 Å². The largest absolute Gasteiger partial charge is 0.481 e. The third-order valence-electron chi connectivity index (χ3n) is 3.58. The second kappa shape index (κ2) is 4.10. The summed E-state index contributed by atoms with van der Waals surface area (Å²) in [4.78, 5) is 11.5. The summed E-state index contributed by atoms with van der Waals surface area (Å²) in [7, 11) is 0. The van der Waals surface area contributed by atoms with Crippen molar-refractivity contribution in [2.75, 3.05) is 0 Å². The Labute approximate surface area is 100 Å². The van der Waals surface area contributed by atoms with E-state index in [-0.39, 0.29) is 0 Å². The topological polar surface area (TPSA) is 37.3 Å². The molecule has 1 aliphatic rings. The summed E-state index contributed by atoms with van der Waals surface area (Å²) < 4.78 is 0. The lowest BCUT2D eigenvalue weighted by molar-refractivity contribution is -0.143. The van der Waals surface area contributed by atoms with Crippen LogP contribution in [-0.2, 0) is 10.2 Å². The van der Waals surface area contributed by atoms with Crippen molar-refractivity contribution in [2.24, 2.45) is 0 Å². The van der Waals surface area contributed by atoms with Crippen LogP contribution in [0.5, 0.6) is 0 Å². The Morgan fingerprint density at radius 3 is 2.50 bits per heavy atom. The monoisotopic (exact) mass is 238 g/mol. The molecule has 86 valence electrons. The van der Waals surface area contributed by atoms with Crippen molar-refractivity contribution in [1.82, 2.24) is 0 Å². The smallest absolute Gasteiger partial charge is 0.314 e. The molecule has 16 heavy (non-hydrogen) atoms. The average molecular weight is 239 g/mol. The lowest BCUT2D eigenvalue weighted by atomic mass is 9.78. The molecular weight excluding hydrogens is 224 g/mol. The maximum Gasteiger partial charge on any atom is 0.314 e. The molecule has 0 bridgehead atoms. The molecule has 0 aliphatic heterocycles. The standard InChI is InChI=1S/C13H15ClO2/c1-9-8-10(4-5-11(9)14)13(12(15)16)6-2-3-7-13/h4-5,8H,2-3,6-7H2,1H3,(H,15,16). The number of rotatable bonds is 2. The second-order valence-corrected chi connectivity index (χ2v) is 4.97. The predicted octanol–water partition coefficient (Wildman–Crippen LogP) is 3.54. The first-order valence-electron chi connectivity index (χ1n) is 5.56. The Bertz CT molecular complexity index is 420. The normalized spacial score (nSPS) is 18.6. The Morgan fingerprint density at radius 2 is 2.00 bits per heavy atom. The molecular formula is C13H15ClO2. The van der Waals surface area contributed by atoms with E-state index in [1.54, 1.807) is 6.07 Å². The first-order chi connectivity index (χ1) is 7.56. The Morgan fingerprint density at radius 1 is 1.38 bits per heavy atom. The van der Waals surface area contributed by atoms with E-state index in [1.807, 2.05) is 19.1 Å². The van der Waals surface area contributed by atoms with Crippen LogP contribution in [0, 0.1) is 6.92 Å². The van der Waals surface area contributed by atoms with Crippen LogP contribution in [0.3, 0.4) is 0 Å². The molecule has 2 nitrogen and oxygen atoms in total. The van der Waals surface area contributed by atoms with Gasteiger partial charge in [0.1, 0.15) is 0 Å². The number of benzene rings is 1. The molecule has 0 aromatic heterocycles. The summed E-state index contributed by atoms with van der Waals surface area (Å²) in [5.74, 6) is -0.702. The third-order valence-corrected chi connectivity index (χ3v) is 4.00. The molecule has 0 spiro atoms. The highest BCUT2D eigenvalue weighted by Crippen LogP contribution is 2.42. The van der Waals surface area contributed by atoms with Gasteiger partial charge in [0.05, 0.1) is 5.41 Å². The van der Waals surface area contributed by atoms with Crippen molar-refractivity contribution >= 4 is 17.6 Å². The SMILES string of the molecule is Cc1cc(C2(C(=O)O)CCCC2)ccc1Cl. The highest BCUT2D eigenvalue weighted by atomic mass is 35.5. The summed E-state index contributed by atoms with van der Waals surface area (Å²) in [6.45, 7) is 1.91. The predicted molar refractivity (Wildman–Crippen MR) is 64.0 cm³/mol. The van der Waals surface area contributed by atoms with Crippen LogP contribution in [0.15, 0.2) is 18.2 Å². The first kappa shape index (κ1) is 11.5. The van der Waals surface area contributed by atoms with Gasteiger partial charge in [-0.2, -0.15) is 0 Å². The molecule has 0 amide bonds. The molecule has 1 saturated carbocycles. The fraction of sp³-hybridized carbons (Fsp3) is 0.462. The number of aryl methyl sites for hydroxylation is 1. The van der Waals surface area contributed by atoms with E-state index in [0.717, 1.165) is 36.8 Å². The molecule has 1 aliphatic carbocycles. The van der Waals surface area contributed by atoms with Crippen LogP contribution in [0.1, 0.15) is 36.8 Å². The van der Waals surface area contributed by atoms with Gasteiger partial charge in [0.2, 0.25) is 0 Å². The number of carbonyl (C=O) groups is 1. The van der Waals surface area contributed by atoms with E-state index >= 15 is 0 Å². The van der Waals surface area contributed by atoms with Gasteiger partial charge in [0.25, 0.3) is 0 Å². The van der Waals surface area contributed by atoms with Gasteiger partial charge in [-0.1, -0.05) is 36.6 Å². The summed E-state index contributed by atoms with van der Waals surface area (Å²) in [5, 5.41) is 10.1. The van der Waals surface area contributed by atoms with Crippen LogP contribution in [0.4, 0.5) is 0 Å². The van der Waals surface area contributed by atoms with Gasteiger partial charge < -0.3 is 5.11 Å². The number of carboxylic acid groups (broad SMARTS) is 1. The van der Waals surface area contributed by atoms with Gasteiger partial charge >= 0.3 is 5.97 Å². The molecule has 1 N–H and O–H groups in total. The zero-order valence-corrected chi connectivity index (χ0v) is 10.0. The first-order valence-corrected chi connectivity index (χ1v) is 5.94. The zero-order chi connectivity index (χ0) is 11.8. The maximum atomic E-state index is 11.5. The Balaban J connectivity index is 2.47. The fourth-order valence-electron chi connectivity index (χ4n) is 2.55. The van der Waals surface area contributed by atoms with Gasteiger partial charge in [0, 0.05) is 5.02 Å². The molecule has 0 atom stereocenters. The van der Waals surface area contributed by atoms with Gasteiger partial charge in [-0.15, -0.1) is 0 Å². The van der Waals surface area contributed by atoms with Crippen molar-refractivity contribution in [1.29, 1.82) is 0 Å². The minimum absolute atomic E-state index is 0.671. The van der Waals surface area contributed by atoms with Crippen LogP contribution in [0.2, 0.25) is 5.02 Å². The van der Waals surface area contributed by atoms with Crippen molar-refractivity contribution in [3.63, 3.8) is 0 Å². The van der Waals surface area contributed by atoms with Gasteiger partial charge in [0.15, 0.2) is 0 Å². The molecule has 0 radical (unpaired) electrons. The Kier molecular flexibility index (Phi) is 2.94. The van der Waals surface area contributed by atoms with Gasteiger partial charge in [-0.25, -0.2) is 0 Å². The molecule has 0 heterocycles. The van der Waals surface area contributed by atoms with Crippen molar-refractivity contribution in [3.05, 3.63) is 34.3 Å². The van der Waals surface area contributed by atoms with Crippen LogP contribution < -0.4 is 0 Å². The zero-order valence-electron chi connectivity index (χ0n) is 9.29. The number of aliphatic carboxylic acids is 1. The van der Waals surface area contributed by atoms with Gasteiger partial charge in [-0.05, 0) is 37.0 Å².